The minimum Gasteiger partial charge on any atom is -0.497 e. The zero-order valence-electron chi connectivity index (χ0n) is 17.8. The number of anilines is 2. The maximum absolute atomic E-state index is 13.2. The van der Waals surface area contributed by atoms with Crippen LogP contribution in [0.3, 0.4) is 0 Å². The zero-order valence-corrected chi connectivity index (χ0v) is 18.6. The summed E-state index contributed by atoms with van der Waals surface area (Å²) in [4.78, 5) is 12.9. The van der Waals surface area contributed by atoms with Gasteiger partial charge in [0.05, 0.1) is 23.4 Å². The van der Waals surface area contributed by atoms with E-state index in [0.29, 0.717) is 29.1 Å². The van der Waals surface area contributed by atoms with Crippen molar-refractivity contribution in [1.82, 2.24) is 0 Å². The normalized spacial score (nSPS) is 11.1. The summed E-state index contributed by atoms with van der Waals surface area (Å²) in [6.45, 7) is 3.81. The molecule has 1 amide bonds. The summed E-state index contributed by atoms with van der Waals surface area (Å²) in [5.74, 6) is 0.467. The highest BCUT2D eigenvalue weighted by Crippen LogP contribution is 2.29. The van der Waals surface area contributed by atoms with E-state index < -0.39 is 9.84 Å². The number of sulfone groups is 1. The number of carbonyl (C=O) groups is 1. The summed E-state index contributed by atoms with van der Waals surface area (Å²) >= 11 is 0. The van der Waals surface area contributed by atoms with E-state index in [-0.39, 0.29) is 22.2 Å². The van der Waals surface area contributed by atoms with Gasteiger partial charge in [-0.15, -0.1) is 0 Å². The summed E-state index contributed by atoms with van der Waals surface area (Å²) in [6.07, 6.45) is 0.504. The Morgan fingerprint density at radius 2 is 1.65 bits per heavy atom. The Hall–Kier alpha value is -3.32. The number of hydrogen-bond donors (Lipinski definition) is 2. The monoisotopic (exact) mass is 438 g/mol. The van der Waals surface area contributed by atoms with Gasteiger partial charge in [0, 0.05) is 11.4 Å². The molecule has 0 spiro atoms. The number of ether oxygens (including phenoxy) is 1. The number of rotatable bonds is 8. The van der Waals surface area contributed by atoms with Crippen molar-refractivity contribution in [3.8, 4) is 5.75 Å². The van der Waals surface area contributed by atoms with Crippen molar-refractivity contribution in [3.63, 3.8) is 0 Å². The molecule has 31 heavy (non-hydrogen) atoms. The van der Waals surface area contributed by atoms with E-state index in [9.17, 15) is 13.2 Å². The Morgan fingerprint density at radius 3 is 2.26 bits per heavy atom. The van der Waals surface area contributed by atoms with Crippen molar-refractivity contribution in [2.24, 2.45) is 0 Å². The van der Waals surface area contributed by atoms with Gasteiger partial charge in [-0.25, -0.2) is 8.42 Å². The molecule has 0 unspecified atom stereocenters. The predicted molar refractivity (Wildman–Crippen MR) is 123 cm³/mol. The van der Waals surface area contributed by atoms with Gasteiger partial charge in [-0.3, -0.25) is 4.79 Å². The Labute approximate surface area is 183 Å². The van der Waals surface area contributed by atoms with Gasteiger partial charge in [-0.2, -0.15) is 0 Å². The molecule has 0 heterocycles. The fraction of sp³-hybridized carbons (Fsp3) is 0.208. The second kappa shape index (κ2) is 9.66. The van der Waals surface area contributed by atoms with Crippen LogP contribution in [0.4, 0.5) is 11.4 Å². The zero-order chi connectivity index (χ0) is 22.4. The fourth-order valence-electron chi connectivity index (χ4n) is 3.25. The molecule has 0 saturated heterocycles. The van der Waals surface area contributed by atoms with Crippen LogP contribution in [0.15, 0.2) is 76.5 Å². The number of amides is 1. The molecular formula is C24H26N2O4S. The van der Waals surface area contributed by atoms with Crippen LogP contribution in [-0.2, 0) is 21.1 Å². The van der Waals surface area contributed by atoms with E-state index in [0.717, 1.165) is 5.56 Å². The first kappa shape index (κ1) is 22.4. The topological polar surface area (TPSA) is 84.5 Å². The van der Waals surface area contributed by atoms with Crippen LogP contribution in [0.1, 0.15) is 18.1 Å². The van der Waals surface area contributed by atoms with Crippen LogP contribution >= 0.6 is 0 Å². The van der Waals surface area contributed by atoms with Crippen molar-refractivity contribution < 1.29 is 17.9 Å². The highest BCUT2D eigenvalue weighted by atomic mass is 32.2. The quantitative estimate of drug-likeness (QED) is 0.543. The minimum absolute atomic E-state index is 0.00701. The molecule has 0 aromatic heterocycles. The average Bonchev–Trinajstić information content (AvgIpc) is 2.78. The second-order valence-electron chi connectivity index (χ2n) is 7.08. The molecule has 0 aliphatic rings. The largest absolute Gasteiger partial charge is 0.497 e. The molecule has 3 rings (SSSR count). The van der Waals surface area contributed by atoms with E-state index >= 15 is 0 Å². The van der Waals surface area contributed by atoms with Crippen LogP contribution in [-0.4, -0.2) is 28.0 Å². The van der Waals surface area contributed by atoms with Gasteiger partial charge in [0.25, 0.3) is 0 Å². The Morgan fingerprint density at radius 1 is 0.968 bits per heavy atom. The smallest absolute Gasteiger partial charge is 0.243 e. The van der Waals surface area contributed by atoms with Gasteiger partial charge < -0.3 is 15.4 Å². The Bertz CT molecular complexity index is 1160. The Balaban J connectivity index is 1.77. The van der Waals surface area contributed by atoms with E-state index in [1.54, 1.807) is 73.8 Å². The minimum atomic E-state index is -3.67. The van der Waals surface area contributed by atoms with E-state index in [2.05, 4.69) is 10.6 Å². The predicted octanol–water partition coefficient (Wildman–Crippen LogP) is 4.45. The number of aryl methyl sites for hydroxylation is 1. The molecule has 3 aromatic carbocycles. The molecule has 7 heteroatoms. The number of methoxy groups -OCH3 is 1. The molecule has 0 saturated carbocycles. The molecule has 3 aromatic rings. The van der Waals surface area contributed by atoms with Crippen molar-refractivity contribution in [1.29, 1.82) is 0 Å². The first-order valence-electron chi connectivity index (χ1n) is 9.96. The van der Waals surface area contributed by atoms with Crippen LogP contribution in [0.2, 0.25) is 0 Å². The third kappa shape index (κ3) is 5.24. The molecular weight excluding hydrogens is 412 g/mol. The van der Waals surface area contributed by atoms with Crippen molar-refractivity contribution in [2.45, 2.75) is 30.1 Å². The molecule has 0 atom stereocenters. The van der Waals surface area contributed by atoms with Gasteiger partial charge in [-0.1, -0.05) is 30.7 Å². The lowest BCUT2D eigenvalue weighted by molar-refractivity contribution is -0.114. The van der Waals surface area contributed by atoms with Gasteiger partial charge >= 0.3 is 0 Å². The van der Waals surface area contributed by atoms with Gasteiger partial charge in [0.2, 0.25) is 15.7 Å². The average molecular weight is 439 g/mol. The number of nitrogens with one attached hydrogen (secondary N) is 2. The maximum atomic E-state index is 13.2. The van der Waals surface area contributed by atoms with Crippen molar-refractivity contribution in [3.05, 3.63) is 77.9 Å². The third-order valence-corrected chi connectivity index (χ3v) is 6.77. The highest BCUT2D eigenvalue weighted by Gasteiger charge is 2.22. The maximum Gasteiger partial charge on any atom is 0.243 e. The van der Waals surface area contributed by atoms with E-state index in [1.165, 1.54) is 0 Å². The van der Waals surface area contributed by atoms with Gasteiger partial charge in [0.15, 0.2) is 0 Å². The molecule has 0 bridgehead atoms. The highest BCUT2D eigenvalue weighted by molar-refractivity contribution is 7.91. The lowest BCUT2D eigenvalue weighted by Gasteiger charge is -2.16. The molecule has 2 N–H and O–H groups in total. The summed E-state index contributed by atoms with van der Waals surface area (Å²) in [5.41, 5.74) is 2.92. The van der Waals surface area contributed by atoms with Crippen LogP contribution in [0.25, 0.3) is 0 Å². The van der Waals surface area contributed by atoms with Crippen LogP contribution < -0.4 is 15.4 Å². The first-order valence-corrected chi connectivity index (χ1v) is 11.4. The molecule has 0 aliphatic carbocycles. The van der Waals surface area contributed by atoms with E-state index in [4.69, 9.17) is 4.74 Å². The van der Waals surface area contributed by atoms with Gasteiger partial charge in [-0.05, 0) is 67.4 Å². The van der Waals surface area contributed by atoms with Crippen molar-refractivity contribution >= 4 is 27.1 Å². The fourth-order valence-corrected chi connectivity index (χ4v) is 4.83. The molecule has 0 fully saturated rings. The summed E-state index contributed by atoms with van der Waals surface area (Å²) in [6, 6.07) is 18.9. The standard InChI is InChI=1S/C24H26N2O4S/c1-4-21-22(25-16-24(27)26-18-10-12-19(30-3)13-11-18)6-5-7-23(21)31(28,29)20-14-8-17(2)9-15-20/h5-15,25H,4,16H2,1-3H3,(H,26,27). The summed E-state index contributed by atoms with van der Waals surface area (Å²) in [7, 11) is -2.09. The first-order chi connectivity index (χ1) is 14.8. The lowest BCUT2D eigenvalue weighted by atomic mass is 10.1. The van der Waals surface area contributed by atoms with E-state index in [1.807, 2.05) is 13.8 Å². The van der Waals surface area contributed by atoms with Crippen LogP contribution in [0.5, 0.6) is 5.75 Å². The Kier molecular flexibility index (Phi) is 6.97. The number of hydrogen-bond acceptors (Lipinski definition) is 5. The number of benzene rings is 3. The van der Waals surface area contributed by atoms with Gasteiger partial charge in [0.1, 0.15) is 5.75 Å². The number of carbonyl (C=O) groups excluding carboxylic acids is 1. The molecule has 0 aliphatic heterocycles. The van der Waals surface area contributed by atoms with Crippen LogP contribution in [0, 0.1) is 6.92 Å². The molecule has 0 radical (unpaired) electrons. The molecule has 6 nitrogen and oxygen atoms in total. The summed E-state index contributed by atoms with van der Waals surface area (Å²) in [5, 5.41) is 5.88. The molecule has 162 valence electrons. The summed E-state index contributed by atoms with van der Waals surface area (Å²) < 4.78 is 31.5. The lowest BCUT2D eigenvalue weighted by Crippen LogP contribution is -2.22. The SMILES string of the molecule is CCc1c(NCC(=O)Nc2ccc(OC)cc2)cccc1S(=O)(=O)c1ccc(C)cc1. The second-order valence-corrected chi connectivity index (χ2v) is 9.00. The third-order valence-electron chi connectivity index (χ3n) is 4.92. The van der Waals surface area contributed by atoms with Crippen molar-refractivity contribution in [2.75, 3.05) is 24.3 Å².